The monoisotopic (exact) mass is 515 g/mol. The van der Waals surface area contributed by atoms with Gasteiger partial charge in [-0.2, -0.15) is 5.26 Å². The van der Waals surface area contributed by atoms with Crippen molar-refractivity contribution in [3.8, 4) is 23.1 Å². The van der Waals surface area contributed by atoms with Gasteiger partial charge in [-0.3, -0.25) is 0 Å². The van der Waals surface area contributed by atoms with Crippen LogP contribution in [0.2, 0.25) is 0 Å². The van der Waals surface area contributed by atoms with Crippen molar-refractivity contribution in [2.24, 2.45) is 0 Å². The van der Waals surface area contributed by atoms with Crippen LogP contribution in [0.1, 0.15) is 31.2 Å². The minimum atomic E-state index is -0.304. The Bertz CT molecular complexity index is 1910. The van der Waals surface area contributed by atoms with E-state index in [0.29, 0.717) is 22.4 Å². The van der Waals surface area contributed by atoms with Gasteiger partial charge in [0.1, 0.15) is 17.7 Å². The Labute approximate surface area is 224 Å². The maximum atomic E-state index is 13.9. The zero-order chi connectivity index (χ0) is 26.5. The minimum absolute atomic E-state index is 0.221. The molecule has 1 fully saturated rings. The quantitative estimate of drug-likeness (QED) is 0.235. The second-order valence-electron chi connectivity index (χ2n) is 10.3. The van der Waals surface area contributed by atoms with Crippen molar-refractivity contribution in [1.29, 1.82) is 5.26 Å². The second kappa shape index (κ2) is 9.26. The average molecular weight is 516 g/mol. The first-order chi connectivity index (χ1) is 19.1. The molecule has 192 valence electrons. The molecule has 2 heterocycles. The SMILES string of the molecule is N#Cc1ccc(-n2c3ccccc3c3c(-c4nc5ccc(F)cc5[nH]4)cccc32)cc1N[C@H]1CC[C@H](O)CC1. The van der Waals surface area contributed by atoms with Gasteiger partial charge in [0, 0.05) is 28.1 Å². The van der Waals surface area contributed by atoms with Crippen LogP contribution in [0.3, 0.4) is 0 Å². The average Bonchev–Trinajstić information content (AvgIpc) is 3.53. The summed E-state index contributed by atoms with van der Waals surface area (Å²) in [5.74, 6) is 0.382. The van der Waals surface area contributed by atoms with E-state index in [1.165, 1.54) is 12.1 Å². The Morgan fingerprint density at radius 2 is 1.77 bits per heavy atom. The second-order valence-corrected chi connectivity index (χ2v) is 10.3. The van der Waals surface area contributed by atoms with Crippen LogP contribution >= 0.6 is 0 Å². The predicted octanol–water partition coefficient (Wildman–Crippen LogP) is 7.05. The Morgan fingerprint density at radius 3 is 2.62 bits per heavy atom. The van der Waals surface area contributed by atoms with Crippen molar-refractivity contribution in [2.45, 2.75) is 37.8 Å². The topological polar surface area (TPSA) is 89.7 Å². The summed E-state index contributed by atoms with van der Waals surface area (Å²) in [6.07, 6.45) is 3.04. The molecule has 4 aromatic carbocycles. The van der Waals surface area contributed by atoms with Gasteiger partial charge in [-0.05, 0) is 74.2 Å². The maximum absolute atomic E-state index is 13.9. The van der Waals surface area contributed by atoms with Crippen LogP contribution in [-0.4, -0.2) is 31.8 Å². The van der Waals surface area contributed by atoms with E-state index in [-0.39, 0.29) is 18.0 Å². The molecule has 2 aromatic heterocycles. The largest absolute Gasteiger partial charge is 0.393 e. The lowest BCUT2D eigenvalue weighted by Gasteiger charge is -2.27. The van der Waals surface area contributed by atoms with Crippen molar-refractivity contribution in [3.05, 3.63) is 90.2 Å². The molecule has 7 heteroatoms. The molecule has 1 saturated carbocycles. The molecule has 7 rings (SSSR count). The number of hydrogen-bond donors (Lipinski definition) is 3. The highest BCUT2D eigenvalue weighted by molar-refractivity contribution is 6.15. The van der Waals surface area contributed by atoms with Crippen LogP contribution in [0.5, 0.6) is 0 Å². The molecule has 0 unspecified atom stereocenters. The van der Waals surface area contributed by atoms with Crippen LogP contribution in [0.4, 0.5) is 10.1 Å². The Morgan fingerprint density at radius 1 is 0.949 bits per heavy atom. The van der Waals surface area contributed by atoms with Gasteiger partial charge in [0.05, 0.1) is 39.4 Å². The van der Waals surface area contributed by atoms with Gasteiger partial charge < -0.3 is 20.0 Å². The molecular weight excluding hydrogens is 489 g/mol. The molecule has 6 nitrogen and oxygen atoms in total. The van der Waals surface area contributed by atoms with Crippen molar-refractivity contribution >= 4 is 38.5 Å². The number of anilines is 1. The van der Waals surface area contributed by atoms with Crippen molar-refractivity contribution in [3.63, 3.8) is 0 Å². The highest BCUT2D eigenvalue weighted by atomic mass is 19.1. The zero-order valence-electron chi connectivity index (χ0n) is 21.2. The first-order valence-electron chi connectivity index (χ1n) is 13.3. The molecule has 39 heavy (non-hydrogen) atoms. The summed E-state index contributed by atoms with van der Waals surface area (Å²) in [5, 5.41) is 25.5. The van der Waals surface area contributed by atoms with E-state index in [2.05, 4.69) is 39.1 Å². The lowest BCUT2D eigenvalue weighted by molar-refractivity contribution is 0.126. The number of hydrogen-bond acceptors (Lipinski definition) is 4. The van der Waals surface area contributed by atoms with Crippen molar-refractivity contribution < 1.29 is 9.50 Å². The molecule has 0 radical (unpaired) electrons. The van der Waals surface area contributed by atoms with E-state index in [1.807, 2.05) is 42.5 Å². The standard InChI is InChI=1S/C32H26FN5O/c33-20-9-15-26-28(16-20)37-32(36-26)25-5-3-7-30-31(25)24-4-1-2-6-29(24)38(30)22-12-8-19(18-34)27(17-22)35-21-10-13-23(39)14-11-21/h1-9,12,15-17,21,23,35,39H,10-11,13-14H2,(H,36,37)/t21-,23-. The van der Waals surface area contributed by atoms with Crippen LogP contribution in [0.15, 0.2) is 78.9 Å². The Balaban J connectivity index is 1.40. The number of nitriles is 1. The molecule has 0 amide bonds. The third kappa shape index (κ3) is 4.01. The number of aromatic nitrogens is 3. The Kier molecular flexibility index (Phi) is 5.57. The number of imidazole rings is 1. The summed E-state index contributed by atoms with van der Waals surface area (Å²) in [6, 6.07) is 27.4. The van der Waals surface area contributed by atoms with Gasteiger partial charge in [0.2, 0.25) is 0 Å². The molecule has 6 aromatic rings. The van der Waals surface area contributed by atoms with Gasteiger partial charge in [0.25, 0.3) is 0 Å². The number of nitrogens with one attached hydrogen (secondary N) is 2. The summed E-state index contributed by atoms with van der Waals surface area (Å²) in [7, 11) is 0. The number of rotatable bonds is 4. The lowest BCUT2D eigenvalue weighted by Crippen LogP contribution is -2.28. The fraction of sp³-hybridized carbons (Fsp3) is 0.188. The van der Waals surface area contributed by atoms with Crippen molar-refractivity contribution in [2.75, 3.05) is 5.32 Å². The van der Waals surface area contributed by atoms with Crippen LogP contribution < -0.4 is 5.32 Å². The van der Waals surface area contributed by atoms with E-state index in [9.17, 15) is 14.8 Å². The van der Waals surface area contributed by atoms with Gasteiger partial charge in [0.15, 0.2) is 0 Å². The van der Waals surface area contributed by atoms with E-state index in [1.54, 1.807) is 6.07 Å². The van der Waals surface area contributed by atoms with E-state index < -0.39 is 0 Å². The lowest BCUT2D eigenvalue weighted by atomic mass is 9.93. The minimum Gasteiger partial charge on any atom is -0.393 e. The molecular formula is C32H26FN5O. The number of aliphatic hydroxyl groups excluding tert-OH is 1. The summed E-state index contributed by atoms with van der Waals surface area (Å²) in [4.78, 5) is 8.08. The van der Waals surface area contributed by atoms with Gasteiger partial charge in [-0.25, -0.2) is 9.37 Å². The predicted molar refractivity (Wildman–Crippen MR) is 152 cm³/mol. The number of halogens is 1. The highest BCUT2D eigenvalue weighted by Gasteiger charge is 2.22. The zero-order valence-corrected chi connectivity index (χ0v) is 21.2. The number of nitrogens with zero attached hydrogens (tertiary/aromatic N) is 3. The third-order valence-electron chi connectivity index (χ3n) is 7.83. The number of benzene rings is 4. The number of aliphatic hydroxyl groups is 1. The molecule has 0 atom stereocenters. The third-order valence-corrected chi connectivity index (χ3v) is 7.83. The van der Waals surface area contributed by atoms with Gasteiger partial charge in [-0.15, -0.1) is 0 Å². The van der Waals surface area contributed by atoms with Crippen LogP contribution in [0, 0.1) is 17.1 Å². The highest BCUT2D eigenvalue weighted by Crippen LogP contribution is 2.39. The number of aromatic amines is 1. The molecule has 0 aliphatic heterocycles. The summed E-state index contributed by atoms with van der Waals surface area (Å²) < 4.78 is 16.1. The Hall–Kier alpha value is -4.67. The molecule has 3 N–H and O–H groups in total. The van der Waals surface area contributed by atoms with E-state index in [4.69, 9.17) is 4.98 Å². The van der Waals surface area contributed by atoms with Gasteiger partial charge in [-0.1, -0.05) is 30.3 Å². The van der Waals surface area contributed by atoms with Crippen LogP contribution in [0.25, 0.3) is 49.9 Å². The fourth-order valence-corrected chi connectivity index (χ4v) is 5.93. The molecule has 0 bridgehead atoms. The fourth-order valence-electron chi connectivity index (χ4n) is 5.93. The summed E-state index contributed by atoms with van der Waals surface area (Å²) >= 11 is 0. The molecule has 0 saturated heterocycles. The number of H-pyrrole nitrogens is 1. The summed E-state index contributed by atoms with van der Waals surface area (Å²) in [6.45, 7) is 0. The first kappa shape index (κ1) is 23.4. The van der Waals surface area contributed by atoms with E-state index >= 15 is 0 Å². The van der Waals surface area contributed by atoms with E-state index in [0.717, 1.165) is 64.4 Å². The molecule has 1 aliphatic carbocycles. The van der Waals surface area contributed by atoms with Gasteiger partial charge >= 0.3 is 0 Å². The molecule has 0 spiro atoms. The normalized spacial score (nSPS) is 17.6. The van der Waals surface area contributed by atoms with Crippen molar-refractivity contribution in [1.82, 2.24) is 14.5 Å². The first-order valence-corrected chi connectivity index (χ1v) is 13.3. The number of fused-ring (bicyclic) bond motifs is 4. The summed E-state index contributed by atoms with van der Waals surface area (Å²) in [5.41, 5.74) is 6.71. The maximum Gasteiger partial charge on any atom is 0.139 e. The number of para-hydroxylation sites is 1. The smallest absolute Gasteiger partial charge is 0.139 e. The van der Waals surface area contributed by atoms with Crippen LogP contribution in [-0.2, 0) is 0 Å². The molecule has 1 aliphatic rings.